The van der Waals surface area contributed by atoms with Gasteiger partial charge in [0.25, 0.3) is 11.2 Å². The highest BCUT2D eigenvalue weighted by Gasteiger charge is 2.24. The fourth-order valence-corrected chi connectivity index (χ4v) is 2.24. The number of hydrogen-bond acceptors (Lipinski definition) is 5. The molecular formula is C13H10N4O3. The molecule has 0 bridgehead atoms. The maximum absolute atomic E-state index is 12.5. The maximum Gasteiger partial charge on any atom is 0.299 e. The Morgan fingerprint density at radius 3 is 2.65 bits per heavy atom. The smallest absolute Gasteiger partial charge is 0.299 e. The van der Waals surface area contributed by atoms with E-state index < -0.39 is 4.92 Å². The van der Waals surface area contributed by atoms with Crippen LogP contribution >= 0.6 is 0 Å². The average molecular weight is 270 g/mol. The average Bonchev–Trinajstić information content (AvgIpc) is 2.46. The maximum atomic E-state index is 12.5. The van der Waals surface area contributed by atoms with Crippen LogP contribution in [0.1, 0.15) is 0 Å². The summed E-state index contributed by atoms with van der Waals surface area (Å²) in [5.41, 5.74) is 1.51. The van der Waals surface area contributed by atoms with E-state index in [1.165, 1.54) is 19.2 Å². The first kappa shape index (κ1) is 12.1. The van der Waals surface area contributed by atoms with Crippen LogP contribution in [0.5, 0.6) is 0 Å². The van der Waals surface area contributed by atoms with Crippen molar-refractivity contribution in [3.63, 3.8) is 0 Å². The Labute approximate surface area is 113 Å². The van der Waals surface area contributed by atoms with E-state index in [9.17, 15) is 15.3 Å². The van der Waals surface area contributed by atoms with E-state index in [4.69, 9.17) is 0 Å². The summed E-state index contributed by atoms with van der Waals surface area (Å²) < 4.78 is 0.677. The molecule has 0 saturated heterocycles. The second-order valence-corrected chi connectivity index (χ2v) is 4.23. The molecule has 0 atom stereocenters. The third kappa shape index (κ3) is 1.60. The monoisotopic (exact) mass is 270 g/mol. The molecule has 3 aromatic rings. The van der Waals surface area contributed by atoms with Crippen molar-refractivity contribution >= 4 is 33.4 Å². The van der Waals surface area contributed by atoms with Gasteiger partial charge in [-0.25, -0.2) is 4.98 Å². The number of nitrogens with one attached hydrogen (secondary N) is 1. The summed E-state index contributed by atoms with van der Waals surface area (Å²) in [4.78, 5) is 14.9. The van der Waals surface area contributed by atoms with Crippen LogP contribution in [0.2, 0.25) is 0 Å². The summed E-state index contributed by atoms with van der Waals surface area (Å²) in [6.45, 7) is 0. The van der Waals surface area contributed by atoms with Crippen LogP contribution in [-0.2, 0) is 0 Å². The zero-order chi connectivity index (χ0) is 14.3. The lowest BCUT2D eigenvalue weighted by atomic mass is 10.2. The highest BCUT2D eigenvalue weighted by molar-refractivity contribution is 5.93. The van der Waals surface area contributed by atoms with E-state index in [-0.39, 0.29) is 16.9 Å². The Hall–Kier alpha value is -2.96. The number of para-hydroxylation sites is 2. The number of nitro groups is 1. The van der Waals surface area contributed by atoms with Crippen molar-refractivity contribution in [3.8, 4) is 0 Å². The molecule has 0 radical (unpaired) electrons. The summed E-state index contributed by atoms with van der Waals surface area (Å²) in [6, 6.07) is 9.69. The van der Waals surface area contributed by atoms with Gasteiger partial charge in [0, 0.05) is 19.2 Å². The molecule has 7 nitrogen and oxygen atoms in total. The quantitative estimate of drug-likeness (QED) is 0.252. The molecule has 0 unspecified atom stereocenters. The molecule has 20 heavy (non-hydrogen) atoms. The van der Waals surface area contributed by atoms with Crippen LogP contribution in [0.4, 0.5) is 11.4 Å². The third-order valence-corrected chi connectivity index (χ3v) is 3.13. The number of fused-ring (bicyclic) bond motifs is 2. The Balaban J connectivity index is 2.53. The van der Waals surface area contributed by atoms with Crippen LogP contribution in [0.15, 0.2) is 36.4 Å². The molecular weight excluding hydrogens is 260 g/mol. The fourth-order valence-electron chi connectivity index (χ4n) is 2.24. The van der Waals surface area contributed by atoms with Crippen LogP contribution in [0.3, 0.4) is 0 Å². The minimum absolute atomic E-state index is 0.151. The highest BCUT2D eigenvalue weighted by atomic mass is 16.6. The van der Waals surface area contributed by atoms with Crippen molar-refractivity contribution < 1.29 is 9.65 Å². The van der Waals surface area contributed by atoms with Gasteiger partial charge in [0.1, 0.15) is 11.0 Å². The number of nitro benzene ring substituents is 1. The number of rotatable bonds is 2. The van der Waals surface area contributed by atoms with Crippen molar-refractivity contribution in [2.24, 2.45) is 0 Å². The zero-order valence-electron chi connectivity index (χ0n) is 10.5. The Kier molecular flexibility index (Phi) is 2.60. The summed E-state index contributed by atoms with van der Waals surface area (Å²) >= 11 is 0. The van der Waals surface area contributed by atoms with Crippen molar-refractivity contribution in [1.29, 1.82) is 0 Å². The molecule has 7 heteroatoms. The van der Waals surface area contributed by atoms with Crippen LogP contribution in [-0.4, -0.2) is 17.0 Å². The van der Waals surface area contributed by atoms with E-state index in [1.54, 1.807) is 24.3 Å². The normalized spacial score (nSPS) is 10.8. The van der Waals surface area contributed by atoms with Crippen LogP contribution in [0.25, 0.3) is 22.1 Å². The number of benzene rings is 2. The van der Waals surface area contributed by atoms with Gasteiger partial charge < -0.3 is 10.5 Å². The Bertz CT molecular complexity index is 848. The molecule has 100 valence electrons. The van der Waals surface area contributed by atoms with Gasteiger partial charge in [0.2, 0.25) is 5.52 Å². The van der Waals surface area contributed by atoms with E-state index in [0.717, 1.165) is 0 Å². The minimum Gasteiger partial charge on any atom is -0.618 e. The largest absolute Gasteiger partial charge is 0.618 e. The number of aromatic nitrogens is 2. The van der Waals surface area contributed by atoms with Gasteiger partial charge in [0.15, 0.2) is 5.69 Å². The first-order valence-corrected chi connectivity index (χ1v) is 5.90. The lowest BCUT2D eigenvalue weighted by molar-refractivity contribution is -0.547. The topological polar surface area (TPSA) is 95.0 Å². The molecule has 2 aromatic carbocycles. The SMILES string of the molecule is CNc1c([N+](=O)[O-])ccc2nc3ccccc3[n+]([O-])c12. The van der Waals surface area contributed by atoms with Gasteiger partial charge in [-0.15, -0.1) is 0 Å². The second-order valence-electron chi connectivity index (χ2n) is 4.23. The lowest BCUT2D eigenvalue weighted by Gasteiger charge is -2.09. The van der Waals surface area contributed by atoms with Crippen molar-refractivity contribution in [2.45, 2.75) is 0 Å². The molecule has 0 spiro atoms. The number of nitrogens with zero attached hydrogens (tertiary/aromatic N) is 3. The molecule has 0 aliphatic carbocycles. The summed E-state index contributed by atoms with van der Waals surface area (Å²) in [5.74, 6) is 0. The fraction of sp³-hybridized carbons (Fsp3) is 0.0769. The number of anilines is 1. The van der Waals surface area contributed by atoms with E-state index in [2.05, 4.69) is 10.3 Å². The second kappa shape index (κ2) is 4.30. The summed E-state index contributed by atoms with van der Waals surface area (Å²) in [7, 11) is 1.54. The number of hydrogen-bond donors (Lipinski definition) is 1. The molecule has 0 amide bonds. The van der Waals surface area contributed by atoms with Gasteiger partial charge in [-0.05, 0) is 12.1 Å². The first-order valence-electron chi connectivity index (χ1n) is 5.90. The van der Waals surface area contributed by atoms with Gasteiger partial charge >= 0.3 is 0 Å². The minimum atomic E-state index is -0.527. The summed E-state index contributed by atoms with van der Waals surface area (Å²) in [5, 5.41) is 26.2. The zero-order valence-corrected chi connectivity index (χ0v) is 10.5. The molecule has 0 aliphatic heterocycles. The van der Waals surface area contributed by atoms with Crippen molar-refractivity contribution in [3.05, 3.63) is 51.7 Å². The van der Waals surface area contributed by atoms with Gasteiger partial charge in [0.05, 0.1) is 4.92 Å². The van der Waals surface area contributed by atoms with Crippen LogP contribution < -0.4 is 10.0 Å². The molecule has 1 heterocycles. The van der Waals surface area contributed by atoms with Crippen LogP contribution in [0, 0.1) is 15.3 Å². The third-order valence-electron chi connectivity index (χ3n) is 3.13. The van der Waals surface area contributed by atoms with Crippen molar-refractivity contribution in [2.75, 3.05) is 12.4 Å². The van der Waals surface area contributed by atoms with E-state index in [0.29, 0.717) is 21.3 Å². The van der Waals surface area contributed by atoms with Gasteiger partial charge in [-0.2, -0.15) is 4.73 Å². The molecule has 0 saturated carbocycles. The Morgan fingerprint density at radius 1 is 1.20 bits per heavy atom. The molecule has 3 rings (SSSR count). The van der Waals surface area contributed by atoms with Gasteiger partial charge in [-0.1, -0.05) is 12.1 Å². The first-order chi connectivity index (χ1) is 9.63. The molecule has 1 N–H and O–H groups in total. The van der Waals surface area contributed by atoms with Gasteiger partial charge in [-0.3, -0.25) is 10.1 Å². The molecule has 0 aliphatic rings. The highest BCUT2D eigenvalue weighted by Crippen LogP contribution is 2.30. The Morgan fingerprint density at radius 2 is 1.95 bits per heavy atom. The predicted octanol–water partition coefficient (Wildman–Crippen LogP) is 1.97. The summed E-state index contributed by atoms with van der Waals surface area (Å²) in [6.07, 6.45) is 0. The van der Waals surface area contributed by atoms with Crippen molar-refractivity contribution in [1.82, 2.24) is 4.98 Å². The predicted molar refractivity (Wildman–Crippen MR) is 74.4 cm³/mol. The lowest BCUT2D eigenvalue weighted by Crippen LogP contribution is -2.29. The van der Waals surface area contributed by atoms with E-state index >= 15 is 0 Å². The molecule has 1 aromatic heterocycles. The van der Waals surface area contributed by atoms with E-state index in [1.807, 2.05) is 0 Å². The molecule has 0 fully saturated rings. The standard InChI is InChI=1S/C13H10N4O3/c1-14-12-11(17(19)20)7-6-9-13(12)16(18)10-5-3-2-4-8(10)15-9/h2-7,14H,1H3.